The number of nitrogens with zero attached hydrogens (tertiary/aromatic N) is 5. The number of nitriles is 1. The van der Waals surface area contributed by atoms with Gasteiger partial charge < -0.3 is 9.64 Å². The van der Waals surface area contributed by atoms with Gasteiger partial charge in [-0.3, -0.25) is 14.9 Å². The van der Waals surface area contributed by atoms with Gasteiger partial charge in [-0.1, -0.05) is 6.07 Å². The van der Waals surface area contributed by atoms with Crippen LogP contribution in [0.5, 0.6) is 0 Å². The molecule has 28 heavy (non-hydrogen) atoms. The molecule has 1 aliphatic rings. The van der Waals surface area contributed by atoms with Crippen molar-refractivity contribution in [3.05, 3.63) is 57.9 Å². The van der Waals surface area contributed by atoms with Crippen molar-refractivity contribution in [1.29, 1.82) is 5.26 Å². The van der Waals surface area contributed by atoms with E-state index in [0.29, 0.717) is 41.9 Å². The average molecular weight is 397 g/mol. The molecule has 1 aromatic carbocycles. The lowest BCUT2D eigenvalue weighted by Gasteiger charge is -2.26. The second-order valence-corrected chi connectivity index (χ2v) is 6.70. The van der Waals surface area contributed by atoms with Crippen LogP contribution in [-0.4, -0.2) is 52.0 Å². The Balaban J connectivity index is 1.88. The van der Waals surface area contributed by atoms with Gasteiger partial charge in [-0.05, 0) is 35.5 Å². The minimum absolute atomic E-state index is 0.0806. The van der Waals surface area contributed by atoms with Gasteiger partial charge in [0.15, 0.2) is 5.16 Å². The Hall–Kier alpha value is -3.29. The zero-order valence-corrected chi connectivity index (χ0v) is 15.5. The summed E-state index contributed by atoms with van der Waals surface area (Å²) in [6, 6.07) is 8.04. The molecular formula is C18H15N5O4S. The number of carbonyl (C=O) groups excluding carboxylic acids is 1. The smallest absolute Gasteiger partial charge is 0.283 e. The molecule has 1 aromatic heterocycles. The summed E-state index contributed by atoms with van der Waals surface area (Å²) < 4.78 is 5.20. The maximum Gasteiger partial charge on any atom is 0.283 e. The molecule has 1 saturated heterocycles. The van der Waals surface area contributed by atoms with Crippen LogP contribution in [0.1, 0.15) is 5.56 Å². The summed E-state index contributed by atoms with van der Waals surface area (Å²) in [6.45, 7) is 1.65. The lowest BCUT2D eigenvalue weighted by atomic mass is 10.1. The van der Waals surface area contributed by atoms with Crippen molar-refractivity contribution < 1.29 is 14.5 Å². The van der Waals surface area contributed by atoms with Gasteiger partial charge in [-0.15, -0.1) is 0 Å². The van der Waals surface area contributed by atoms with E-state index in [4.69, 9.17) is 4.74 Å². The fourth-order valence-electron chi connectivity index (χ4n) is 2.53. The van der Waals surface area contributed by atoms with Gasteiger partial charge in [0.25, 0.3) is 11.6 Å². The zero-order valence-electron chi connectivity index (χ0n) is 14.6. The summed E-state index contributed by atoms with van der Waals surface area (Å²) in [7, 11) is 0. The van der Waals surface area contributed by atoms with Crippen molar-refractivity contribution in [3.8, 4) is 6.07 Å². The van der Waals surface area contributed by atoms with Gasteiger partial charge in [0, 0.05) is 31.5 Å². The van der Waals surface area contributed by atoms with Gasteiger partial charge in [0.2, 0.25) is 0 Å². The van der Waals surface area contributed by atoms with Gasteiger partial charge >= 0.3 is 0 Å². The molecule has 0 bridgehead atoms. The molecule has 0 atom stereocenters. The number of nitro benzene ring substituents is 1. The molecule has 1 amide bonds. The van der Waals surface area contributed by atoms with Crippen molar-refractivity contribution in [2.75, 3.05) is 26.3 Å². The topological polar surface area (TPSA) is 122 Å². The first-order valence-corrected chi connectivity index (χ1v) is 9.12. The van der Waals surface area contributed by atoms with Crippen molar-refractivity contribution in [3.63, 3.8) is 0 Å². The summed E-state index contributed by atoms with van der Waals surface area (Å²) in [5.41, 5.74) is 0.161. The summed E-state index contributed by atoms with van der Waals surface area (Å²) in [4.78, 5) is 33.4. The third kappa shape index (κ3) is 4.70. The summed E-state index contributed by atoms with van der Waals surface area (Å²) in [6.07, 6.45) is 4.46. The van der Waals surface area contributed by atoms with E-state index in [-0.39, 0.29) is 11.3 Å². The van der Waals surface area contributed by atoms with E-state index < -0.39 is 10.8 Å². The quantitative estimate of drug-likeness (QED) is 0.248. The first-order chi connectivity index (χ1) is 13.6. The zero-order chi connectivity index (χ0) is 19.9. The second-order valence-electron chi connectivity index (χ2n) is 5.69. The molecule has 3 rings (SSSR count). The number of benzene rings is 1. The molecule has 9 nitrogen and oxygen atoms in total. The van der Waals surface area contributed by atoms with Crippen LogP contribution in [0.15, 0.2) is 52.3 Å². The predicted molar refractivity (Wildman–Crippen MR) is 100 cm³/mol. The highest BCUT2D eigenvalue weighted by molar-refractivity contribution is 7.99. The number of nitro groups is 1. The third-order valence-electron chi connectivity index (χ3n) is 3.88. The number of carbonyl (C=O) groups is 1. The van der Waals surface area contributed by atoms with Crippen molar-refractivity contribution in [2.24, 2.45) is 0 Å². The Bertz CT molecular complexity index is 952. The molecule has 1 fully saturated rings. The largest absolute Gasteiger partial charge is 0.378 e. The molecule has 142 valence electrons. The molecule has 0 spiro atoms. The maximum atomic E-state index is 12.5. The monoisotopic (exact) mass is 397 g/mol. The van der Waals surface area contributed by atoms with E-state index in [1.807, 2.05) is 6.07 Å². The minimum atomic E-state index is -0.515. The van der Waals surface area contributed by atoms with E-state index in [2.05, 4.69) is 9.97 Å². The van der Waals surface area contributed by atoms with E-state index in [9.17, 15) is 20.2 Å². The summed E-state index contributed by atoms with van der Waals surface area (Å²) in [5, 5.41) is 21.2. The van der Waals surface area contributed by atoms with Crippen LogP contribution in [0.4, 0.5) is 5.69 Å². The Morgan fingerprint density at radius 3 is 2.68 bits per heavy atom. The number of hydrogen-bond donors (Lipinski definition) is 0. The molecule has 2 aromatic rings. The molecule has 1 aliphatic heterocycles. The Kier molecular flexibility index (Phi) is 6.31. The number of ether oxygens (including phenoxy) is 1. The van der Waals surface area contributed by atoms with E-state index in [1.54, 1.807) is 30.6 Å². The molecule has 2 heterocycles. The average Bonchev–Trinajstić information content (AvgIpc) is 2.73. The first kappa shape index (κ1) is 19.5. The number of hydrogen-bond acceptors (Lipinski definition) is 8. The van der Waals surface area contributed by atoms with Gasteiger partial charge in [-0.2, -0.15) is 5.26 Å². The van der Waals surface area contributed by atoms with Gasteiger partial charge in [0.05, 0.1) is 23.0 Å². The first-order valence-electron chi connectivity index (χ1n) is 8.30. The highest BCUT2D eigenvalue weighted by Gasteiger charge is 2.21. The molecular weight excluding hydrogens is 382 g/mol. The Morgan fingerprint density at radius 1 is 1.32 bits per heavy atom. The molecule has 0 aliphatic carbocycles. The molecule has 0 radical (unpaired) electrons. The lowest BCUT2D eigenvalue weighted by Crippen LogP contribution is -2.41. The van der Waals surface area contributed by atoms with Crippen LogP contribution in [0.25, 0.3) is 6.08 Å². The predicted octanol–water partition coefficient (Wildman–Crippen LogP) is 2.30. The summed E-state index contributed by atoms with van der Waals surface area (Å²) in [5.74, 6) is -0.412. The van der Waals surface area contributed by atoms with Crippen molar-refractivity contribution >= 4 is 29.4 Å². The standard InChI is InChI=1S/C18H15N5O4S/c19-12-14(17(24)22-6-8-27-9-7-22)10-13-2-3-16(15(11-13)23(25)26)28-18-20-4-1-5-21-18/h1-5,10-11H,6-9H2. The van der Waals surface area contributed by atoms with Crippen LogP contribution in [0.2, 0.25) is 0 Å². The molecule has 10 heteroatoms. The van der Waals surface area contributed by atoms with Crippen LogP contribution in [0, 0.1) is 21.4 Å². The molecule has 0 N–H and O–H groups in total. The van der Waals surface area contributed by atoms with Crippen LogP contribution >= 0.6 is 11.8 Å². The minimum Gasteiger partial charge on any atom is -0.378 e. The van der Waals surface area contributed by atoms with Crippen LogP contribution < -0.4 is 0 Å². The normalized spacial score (nSPS) is 14.4. The number of rotatable bonds is 5. The van der Waals surface area contributed by atoms with E-state index >= 15 is 0 Å². The van der Waals surface area contributed by atoms with Gasteiger partial charge in [0.1, 0.15) is 11.6 Å². The van der Waals surface area contributed by atoms with E-state index in [1.165, 1.54) is 17.0 Å². The fraction of sp³-hybridized carbons (Fsp3) is 0.222. The fourth-order valence-corrected chi connectivity index (χ4v) is 3.33. The highest BCUT2D eigenvalue weighted by Crippen LogP contribution is 2.34. The number of amides is 1. The number of morpholine rings is 1. The van der Waals surface area contributed by atoms with Gasteiger partial charge in [-0.25, -0.2) is 9.97 Å². The van der Waals surface area contributed by atoms with E-state index in [0.717, 1.165) is 11.8 Å². The SMILES string of the molecule is N#CC(=Cc1ccc(Sc2ncccn2)c([N+](=O)[O-])c1)C(=O)N1CCOCC1. The Labute approximate surface area is 164 Å². The molecule has 0 saturated carbocycles. The Morgan fingerprint density at radius 2 is 2.04 bits per heavy atom. The second kappa shape index (κ2) is 9.07. The highest BCUT2D eigenvalue weighted by atomic mass is 32.2. The maximum absolute atomic E-state index is 12.5. The van der Waals surface area contributed by atoms with Crippen molar-refractivity contribution in [1.82, 2.24) is 14.9 Å². The van der Waals surface area contributed by atoms with Crippen LogP contribution in [-0.2, 0) is 9.53 Å². The number of aromatic nitrogens is 2. The third-order valence-corrected chi connectivity index (χ3v) is 4.84. The molecule has 0 unspecified atom stereocenters. The summed E-state index contributed by atoms with van der Waals surface area (Å²) >= 11 is 1.07. The lowest BCUT2D eigenvalue weighted by molar-refractivity contribution is -0.387. The van der Waals surface area contributed by atoms with Crippen LogP contribution in [0.3, 0.4) is 0 Å². The van der Waals surface area contributed by atoms with Crippen molar-refractivity contribution in [2.45, 2.75) is 10.1 Å².